The van der Waals surface area contributed by atoms with E-state index in [1.807, 2.05) is 24.3 Å². The summed E-state index contributed by atoms with van der Waals surface area (Å²) in [5.74, 6) is -1.28. The number of unbranched alkanes of at least 4 members (excludes halogenated alkanes) is 1. The number of rotatable bonds is 9. The Hall–Kier alpha value is -2.63. The maximum absolute atomic E-state index is 12.8. The second-order valence-electron chi connectivity index (χ2n) is 6.95. The molecule has 0 aromatic heterocycles. The van der Waals surface area contributed by atoms with Gasteiger partial charge in [0.15, 0.2) is 0 Å². The van der Waals surface area contributed by atoms with Crippen molar-refractivity contribution in [2.45, 2.75) is 53.4 Å². The molecular formula is C23H31NO5. The van der Waals surface area contributed by atoms with Gasteiger partial charge in [0, 0.05) is 17.3 Å². The minimum atomic E-state index is -0.676. The molecule has 6 heteroatoms. The maximum Gasteiger partial charge on any atom is 0.336 e. The summed E-state index contributed by atoms with van der Waals surface area (Å²) in [5.41, 5.74) is 2.41. The molecular weight excluding hydrogens is 370 g/mol. The third kappa shape index (κ3) is 5.46. The van der Waals surface area contributed by atoms with Crippen molar-refractivity contribution in [2.75, 3.05) is 19.8 Å². The Morgan fingerprint density at radius 2 is 1.66 bits per heavy atom. The first-order valence-corrected chi connectivity index (χ1v) is 10.3. The number of carbonyl (C=O) groups is 2. The lowest BCUT2D eigenvalue weighted by Gasteiger charge is -2.31. The first kappa shape index (κ1) is 22.7. The van der Waals surface area contributed by atoms with Crippen molar-refractivity contribution in [1.29, 1.82) is 0 Å². The number of aliphatic imine (C=N–C) groups is 1. The molecule has 158 valence electrons. The van der Waals surface area contributed by atoms with Gasteiger partial charge < -0.3 is 14.2 Å². The van der Waals surface area contributed by atoms with Crippen LogP contribution in [0.3, 0.4) is 0 Å². The molecule has 0 bridgehead atoms. The quantitative estimate of drug-likeness (QED) is 0.452. The van der Waals surface area contributed by atoms with Gasteiger partial charge in [-0.05, 0) is 51.8 Å². The second-order valence-corrected chi connectivity index (χ2v) is 6.95. The largest absolute Gasteiger partial charge is 0.494 e. The monoisotopic (exact) mass is 401 g/mol. The standard InChI is InChI=1S/C23H31NO5/c1-6-9-14-29-18-12-10-17(11-13-18)21-19(22(25)27-7-2)15(4)24-16(5)20(21)23(26)28-8-3/h10-13,19,21H,6-9,14H2,1-5H3/t19-,21-/m1/s1. The van der Waals surface area contributed by atoms with E-state index in [0.29, 0.717) is 23.6 Å². The fourth-order valence-corrected chi connectivity index (χ4v) is 3.51. The van der Waals surface area contributed by atoms with Crippen molar-refractivity contribution in [1.82, 2.24) is 0 Å². The molecule has 0 N–H and O–H groups in total. The summed E-state index contributed by atoms with van der Waals surface area (Å²) in [6.45, 7) is 10.4. The summed E-state index contributed by atoms with van der Waals surface area (Å²) in [6.07, 6.45) is 2.05. The van der Waals surface area contributed by atoms with E-state index in [2.05, 4.69) is 11.9 Å². The van der Waals surface area contributed by atoms with Crippen molar-refractivity contribution in [3.63, 3.8) is 0 Å². The van der Waals surface area contributed by atoms with Crippen molar-refractivity contribution < 1.29 is 23.8 Å². The highest BCUT2D eigenvalue weighted by molar-refractivity contribution is 6.07. The molecule has 0 saturated heterocycles. The lowest BCUT2D eigenvalue weighted by atomic mass is 9.75. The Balaban J connectivity index is 2.45. The summed E-state index contributed by atoms with van der Waals surface area (Å²) in [6, 6.07) is 7.52. The predicted molar refractivity (Wildman–Crippen MR) is 112 cm³/mol. The molecule has 29 heavy (non-hydrogen) atoms. The van der Waals surface area contributed by atoms with E-state index in [1.54, 1.807) is 27.7 Å². The van der Waals surface area contributed by atoms with Crippen molar-refractivity contribution in [3.8, 4) is 5.75 Å². The summed E-state index contributed by atoms with van der Waals surface area (Å²) in [5, 5.41) is 0. The molecule has 2 rings (SSSR count). The zero-order chi connectivity index (χ0) is 21.4. The van der Waals surface area contributed by atoms with Gasteiger partial charge >= 0.3 is 11.9 Å². The van der Waals surface area contributed by atoms with Crippen LogP contribution in [0.2, 0.25) is 0 Å². The molecule has 1 aromatic rings. The molecule has 6 nitrogen and oxygen atoms in total. The highest BCUT2D eigenvalue weighted by Crippen LogP contribution is 2.40. The fourth-order valence-electron chi connectivity index (χ4n) is 3.51. The zero-order valence-electron chi connectivity index (χ0n) is 18.0. The molecule has 0 unspecified atom stereocenters. The van der Waals surface area contributed by atoms with Gasteiger partial charge in [0.2, 0.25) is 0 Å². The molecule has 0 amide bonds. The first-order chi connectivity index (χ1) is 13.9. The van der Waals surface area contributed by atoms with Crippen LogP contribution in [0, 0.1) is 5.92 Å². The van der Waals surface area contributed by atoms with E-state index in [-0.39, 0.29) is 13.2 Å². The van der Waals surface area contributed by atoms with Gasteiger partial charge in [-0.25, -0.2) is 4.79 Å². The normalized spacial score (nSPS) is 18.9. The van der Waals surface area contributed by atoms with Gasteiger partial charge in [-0.2, -0.15) is 0 Å². The van der Waals surface area contributed by atoms with Crippen LogP contribution in [0.15, 0.2) is 40.5 Å². The van der Waals surface area contributed by atoms with Crippen LogP contribution in [-0.2, 0) is 19.1 Å². The lowest BCUT2D eigenvalue weighted by molar-refractivity contribution is -0.146. The van der Waals surface area contributed by atoms with E-state index < -0.39 is 23.8 Å². The zero-order valence-corrected chi connectivity index (χ0v) is 18.0. The smallest absolute Gasteiger partial charge is 0.336 e. The molecule has 1 heterocycles. The summed E-state index contributed by atoms with van der Waals surface area (Å²) in [4.78, 5) is 30.0. The van der Waals surface area contributed by atoms with Gasteiger partial charge in [-0.15, -0.1) is 0 Å². The third-order valence-electron chi connectivity index (χ3n) is 4.87. The van der Waals surface area contributed by atoms with Gasteiger partial charge in [0.05, 0.1) is 25.4 Å². The molecule has 0 saturated carbocycles. The minimum Gasteiger partial charge on any atom is -0.494 e. The second kappa shape index (κ2) is 10.8. The number of hydrogen-bond acceptors (Lipinski definition) is 6. The van der Waals surface area contributed by atoms with E-state index in [4.69, 9.17) is 14.2 Å². The predicted octanol–water partition coefficient (Wildman–Crippen LogP) is 4.44. The number of nitrogens with zero attached hydrogens (tertiary/aromatic N) is 1. The van der Waals surface area contributed by atoms with Gasteiger partial charge in [0.1, 0.15) is 11.7 Å². The summed E-state index contributed by atoms with van der Waals surface area (Å²) < 4.78 is 16.3. The van der Waals surface area contributed by atoms with Crippen LogP contribution < -0.4 is 4.74 Å². The van der Waals surface area contributed by atoms with Crippen LogP contribution in [-0.4, -0.2) is 37.5 Å². The van der Waals surface area contributed by atoms with Gasteiger partial charge in [-0.3, -0.25) is 9.79 Å². The molecule has 1 aliphatic rings. The van der Waals surface area contributed by atoms with Crippen LogP contribution in [0.5, 0.6) is 5.75 Å². The van der Waals surface area contributed by atoms with Crippen LogP contribution in [0.25, 0.3) is 0 Å². The Labute approximate surface area is 172 Å². The van der Waals surface area contributed by atoms with E-state index in [1.165, 1.54) is 0 Å². The Bertz CT molecular complexity index is 779. The maximum atomic E-state index is 12.8. The average Bonchev–Trinajstić information content (AvgIpc) is 2.68. The van der Waals surface area contributed by atoms with Crippen molar-refractivity contribution >= 4 is 17.7 Å². The Kier molecular flexibility index (Phi) is 8.43. The summed E-state index contributed by atoms with van der Waals surface area (Å²) >= 11 is 0. The van der Waals surface area contributed by atoms with E-state index in [0.717, 1.165) is 24.2 Å². The Morgan fingerprint density at radius 1 is 1.00 bits per heavy atom. The molecule has 0 aliphatic carbocycles. The Morgan fingerprint density at radius 3 is 2.24 bits per heavy atom. The number of esters is 2. The first-order valence-electron chi connectivity index (χ1n) is 10.3. The van der Waals surface area contributed by atoms with E-state index >= 15 is 0 Å². The number of carbonyl (C=O) groups excluding carboxylic acids is 2. The SMILES string of the molecule is CCCCOc1ccc([C@H]2C(C(=O)OCC)=C(C)N=C(C)[C@H]2C(=O)OCC)cc1. The number of allylic oxidation sites excluding steroid dienone is 1. The molecule has 0 fully saturated rings. The number of benzene rings is 1. The van der Waals surface area contributed by atoms with Crippen LogP contribution in [0.1, 0.15) is 58.9 Å². The van der Waals surface area contributed by atoms with Crippen molar-refractivity contribution in [2.24, 2.45) is 10.9 Å². The van der Waals surface area contributed by atoms with Crippen molar-refractivity contribution in [3.05, 3.63) is 41.1 Å². The topological polar surface area (TPSA) is 74.2 Å². The highest BCUT2D eigenvalue weighted by atomic mass is 16.5. The van der Waals surface area contributed by atoms with E-state index in [9.17, 15) is 9.59 Å². The highest BCUT2D eigenvalue weighted by Gasteiger charge is 2.42. The molecule has 2 atom stereocenters. The van der Waals surface area contributed by atoms with Gasteiger partial charge in [0.25, 0.3) is 0 Å². The summed E-state index contributed by atoms with van der Waals surface area (Å²) in [7, 11) is 0. The van der Waals surface area contributed by atoms with Gasteiger partial charge in [-0.1, -0.05) is 25.5 Å². The minimum absolute atomic E-state index is 0.249. The molecule has 1 aliphatic heterocycles. The van der Waals surface area contributed by atoms with Crippen LogP contribution >= 0.6 is 0 Å². The number of hydrogen-bond donors (Lipinski definition) is 0. The average molecular weight is 402 g/mol. The fraction of sp³-hybridized carbons (Fsp3) is 0.522. The molecule has 0 spiro atoms. The third-order valence-corrected chi connectivity index (χ3v) is 4.87. The lowest BCUT2D eigenvalue weighted by Crippen LogP contribution is -2.36. The molecule has 0 radical (unpaired) electrons. The van der Waals surface area contributed by atoms with Crippen LogP contribution in [0.4, 0.5) is 0 Å². The molecule has 1 aromatic carbocycles. The number of ether oxygens (including phenoxy) is 3.